The second kappa shape index (κ2) is 15.4. The molecule has 0 aliphatic carbocycles. The summed E-state index contributed by atoms with van der Waals surface area (Å²) in [5.74, 6) is 0.443. The van der Waals surface area contributed by atoms with Crippen molar-refractivity contribution >= 4 is 18.1 Å². The molecule has 0 aliphatic heterocycles. The largest absolute Gasteiger partial charge is 0.492 e. The van der Waals surface area contributed by atoms with Gasteiger partial charge in [0.1, 0.15) is 18.6 Å². The van der Waals surface area contributed by atoms with Gasteiger partial charge in [0, 0.05) is 13.6 Å². The molecule has 0 aromatic heterocycles. The summed E-state index contributed by atoms with van der Waals surface area (Å²) < 4.78 is 6.06. The summed E-state index contributed by atoms with van der Waals surface area (Å²) in [4.78, 5) is 36.6. The number of ether oxygens (including phenoxy) is 1. The molecule has 1 aromatic rings. The number of amides is 2. The average Bonchev–Trinajstić information content (AvgIpc) is 2.80. The number of nitrogens with one attached hydrogen (secondary N) is 2. The summed E-state index contributed by atoms with van der Waals surface area (Å²) in [6, 6.07) is 5.88. The van der Waals surface area contributed by atoms with Crippen molar-refractivity contribution in [3.05, 3.63) is 29.3 Å². The lowest BCUT2D eigenvalue weighted by Crippen LogP contribution is -2.51. The van der Waals surface area contributed by atoms with Crippen LogP contribution < -0.4 is 21.1 Å². The highest BCUT2D eigenvalue weighted by molar-refractivity contribution is 5.88. The highest BCUT2D eigenvalue weighted by atomic mass is 16.5. The van der Waals surface area contributed by atoms with Crippen molar-refractivity contribution < 1.29 is 19.1 Å². The van der Waals surface area contributed by atoms with Gasteiger partial charge in [0.25, 0.3) is 0 Å². The highest BCUT2D eigenvalue weighted by Gasteiger charge is 2.27. The van der Waals surface area contributed by atoms with Crippen molar-refractivity contribution in [1.82, 2.24) is 15.5 Å². The minimum Gasteiger partial charge on any atom is -0.492 e. The first-order chi connectivity index (χ1) is 15.4. The summed E-state index contributed by atoms with van der Waals surface area (Å²) in [7, 11) is 1.59. The topological polar surface area (TPSA) is 114 Å². The molecule has 4 N–H and O–H groups in total. The quantitative estimate of drug-likeness (QED) is 0.259. The Balaban J connectivity index is 2.70. The van der Waals surface area contributed by atoms with Gasteiger partial charge < -0.3 is 30.8 Å². The smallest absolute Gasteiger partial charge is 0.240 e. The van der Waals surface area contributed by atoms with E-state index in [0.717, 1.165) is 37.0 Å². The number of rotatable bonds is 16. The third kappa shape index (κ3) is 9.36. The van der Waals surface area contributed by atoms with Crippen molar-refractivity contribution in [2.24, 2.45) is 11.7 Å². The summed E-state index contributed by atoms with van der Waals surface area (Å²) >= 11 is 0. The monoisotopic (exact) mass is 448 g/mol. The van der Waals surface area contributed by atoms with Gasteiger partial charge in [0.05, 0.1) is 19.1 Å². The van der Waals surface area contributed by atoms with Crippen LogP contribution in [0.5, 0.6) is 5.75 Å². The van der Waals surface area contributed by atoms with Gasteiger partial charge in [-0.05, 0) is 48.9 Å². The number of carbonyl (C=O) groups excluding carboxylic acids is 3. The molecule has 0 fully saturated rings. The molecular weight excluding hydrogens is 408 g/mol. The van der Waals surface area contributed by atoms with Crippen LogP contribution in [0.1, 0.15) is 44.7 Å². The molecule has 2 atom stereocenters. The average molecular weight is 449 g/mol. The Kier molecular flexibility index (Phi) is 13.2. The molecule has 0 heterocycles. The van der Waals surface area contributed by atoms with Gasteiger partial charge in [-0.15, -0.1) is 0 Å². The Bertz CT molecular complexity index is 726. The molecule has 2 unspecified atom stereocenters. The van der Waals surface area contributed by atoms with E-state index in [1.54, 1.807) is 7.05 Å². The molecule has 1 aromatic carbocycles. The lowest BCUT2D eigenvalue weighted by molar-refractivity contribution is -0.137. The number of benzene rings is 1. The highest BCUT2D eigenvalue weighted by Crippen LogP contribution is 2.22. The van der Waals surface area contributed by atoms with Crippen LogP contribution in [-0.2, 0) is 27.2 Å². The van der Waals surface area contributed by atoms with Gasteiger partial charge in [-0.3, -0.25) is 9.59 Å². The van der Waals surface area contributed by atoms with E-state index in [-0.39, 0.29) is 30.8 Å². The number of likely N-dealkylation sites (N-methyl/N-ethyl adjacent to an activating group) is 1. The first-order valence-corrected chi connectivity index (χ1v) is 11.5. The molecule has 0 radical (unpaired) electrons. The summed E-state index contributed by atoms with van der Waals surface area (Å²) in [6.07, 6.45) is 4.13. The van der Waals surface area contributed by atoms with Crippen molar-refractivity contribution in [3.63, 3.8) is 0 Å². The van der Waals surface area contributed by atoms with Crippen LogP contribution in [0.2, 0.25) is 0 Å². The van der Waals surface area contributed by atoms with Crippen molar-refractivity contribution in [2.75, 3.05) is 39.8 Å². The van der Waals surface area contributed by atoms with Crippen LogP contribution in [0.3, 0.4) is 0 Å². The van der Waals surface area contributed by atoms with Gasteiger partial charge >= 0.3 is 0 Å². The number of nitrogens with zero attached hydrogens (tertiary/aromatic N) is 1. The molecule has 32 heavy (non-hydrogen) atoms. The molecule has 8 heteroatoms. The van der Waals surface area contributed by atoms with Crippen LogP contribution in [0, 0.1) is 5.92 Å². The Morgan fingerprint density at radius 2 is 2.03 bits per heavy atom. The normalized spacial score (nSPS) is 12.7. The molecule has 1 rings (SSSR count). The first kappa shape index (κ1) is 27.6. The van der Waals surface area contributed by atoms with E-state index in [4.69, 9.17) is 10.5 Å². The number of nitrogens with two attached hydrogens (primary N) is 1. The number of hydrogen-bond acceptors (Lipinski definition) is 6. The van der Waals surface area contributed by atoms with Crippen LogP contribution in [-0.4, -0.2) is 68.9 Å². The standard InChI is InChI=1S/C24H40N4O4/c1-5-18(3)23(24(31)28(4)17-22(30)26-12-14-29)27-13-15-32-21-16-19(6-2)9-10-20(21)8-7-11-25/h9-10,14,16,18,23,27H,5-8,11-13,15,17,25H2,1-4H3,(H,26,30). The lowest BCUT2D eigenvalue weighted by atomic mass is 9.98. The maximum Gasteiger partial charge on any atom is 0.240 e. The molecular formula is C24H40N4O4. The van der Waals surface area contributed by atoms with Crippen LogP contribution >= 0.6 is 0 Å². The molecule has 0 bridgehead atoms. The maximum absolute atomic E-state index is 12.9. The number of hydrogen-bond donors (Lipinski definition) is 3. The molecule has 0 aliphatic rings. The van der Waals surface area contributed by atoms with Crippen LogP contribution in [0.25, 0.3) is 0 Å². The van der Waals surface area contributed by atoms with Gasteiger partial charge in [-0.2, -0.15) is 0 Å². The van der Waals surface area contributed by atoms with E-state index >= 15 is 0 Å². The van der Waals surface area contributed by atoms with Crippen LogP contribution in [0.15, 0.2) is 18.2 Å². The number of aldehydes is 1. The second-order valence-corrected chi connectivity index (χ2v) is 8.02. The Morgan fingerprint density at radius 3 is 2.66 bits per heavy atom. The van der Waals surface area contributed by atoms with Crippen LogP contribution in [0.4, 0.5) is 0 Å². The molecule has 2 amide bonds. The van der Waals surface area contributed by atoms with E-state index in [1.807, 2.05) is 13.8 Å². The van der Waals surface area contributed by atoms with E-state index in [0.29, 0.717) is 26.0 Å². The van der Waals surface area contributed by atoms with Gasteiger partial charge in [0.2, 0.25) is 11.8 Å². The van der Waals surface area contributed by atoms with E-state index in [1.165, 1.54) is 10.5 Å². The van der Waals surface area contributed by atoms with Crippen molar-refractivity contribution in [3.8, 4) is 5.75 Å². The Hall–Kier alpha value is -2.45. The van der Waals surface area contributed by atoms with Crippen molar-refractivity contribution in [2.45, 2.75) is 52.5 Å². The fourth-order valence-corrected chi connectivity index (χ4v) is 3.34. The van der Waals surface area contributed by atoms with E-state index in [2.05, 4.69) is 35.8 Å². The third-order valence-corrected chi connectivity index (χ3v) is 5.53. The Morgan fingerprint density at radius 1 is 1.28 bits per heavy atom. The summed E-state index contributed by atoms with van der Waals surface area (Å²) in [6.45, 7) is 7.55. The zero-order chi connectivity index (χ0) is 23.9. The summed E-state index contributed by atoms with van der Waals surface area (Å²) in [5, 5.41) is 5.76. The minimum absolute atomic E-state index is 0.0578. The van der Waals surface area contributed by atoms with Crippen molar-refractivity contribution in [1.29, 1.82) is 0 Å². The molecule has 0 saturated carbocycles. The fourth-order valence-electron chi connectivity index (χ4n) is 3.34. The predicted octanol–water partition coefficient (Wildman–Crippen LogP) is 1.30. The van der Waals surface area contributed by atoms with Gasteiger partial charge in [-0.1, -0.05) is 39.3 Å². The lowest BCUT2D eigenvalue weighted by Gasteiger charge is -2.28. The van der Waals surface area contributed by atoms with E-state index < -0.39 is 6.04 Å². The molecule has 0 saturated heterocycles. The number of carbonyl (C=O) groups is 3. The molecule has 0 spiro atoms. The maximum atomic E-state index is 12.9. The SMILES string of the molecule is CCc1ccc(CCCN)c(OCCNC(C(=O)N(C)CC(=O)NCC=O)C(C)CC)c1. The molecule has 8 nitrogen and oxygen atoms in total. The van der Waals surface area contributed by atoms with E-state index in [9.17, 15) is 14.4 Å². The summed E-state index contributed by atoms with van der Waals surface area (Å²) in [5.41, 5.74) is 8.01. The third-order valence-electron chi connectivity index (χ3n) is 5.53. The van der Waals surface area contributed by atoms with Gasteiger partial charge in [0.15, 0.2) is 0 Å². The molecule has 180 valence electrons. The fraction of sp³-hybridized carbons (Fsp3) is 0.625. The second-order valence-electron chi connectivity index (χ2n) is 8.02. The Labute approximate surface area is 192 Å². The first-order valence-electron chi connectivity index (χ1n) is 11.5. The minimum atomic E-state index is -0.425. The number of aryl methyl sites for hydroxylation is 2. The van der Waals surface area contributed by atoms with Gasteiger partial charge in [-0.25, -0.2) is 0 Å². The zero-order valence-corrected chi connectivity index (χ0v) is 20.0. The predicted molar refractivity (Wildman–Crippen MR) is 127 cm³/mol. The zero-order valence-electron chi connectivity index (χ0n) is 20.0.